The lowest BCUT2D eigenvalue weighted by Gasteiger charge is -2.33. The van der Waals surface area contributed by atoms with Crippen LogP contribution in [0.2, 0.25) is 0 Å². The van der Waals surface area contributed by atoms with E-state index in [-0.39, 0.29) is 43.6 Å². The van der Waals surface area contributed by atoms with Gasteiger partial charge in [0.2, 0.25) is 10.0 Å². The highest BCUT2D eigenvalue weighted by molar-refractivity contribution is 7.89. The van der Waals surface area contributed by atoms with Gasteiger partial charge in [-0.2, -0.15) is 4.31 Å². The van der Waals surface area contributed by atoms with Gasteiger partial charge in [0.05, 0.1) is 36.9 Å². The monoisotopic (exact) mass is 545 g/mol. The second-order valence-corrected chi connectivity index (χ2v) is 12.2. The standard InChI is InChI=1S/C23H23N5O5S3/c1-3-33-23(30)27-10-12-28(13-11-27)36(31,32)16-6-4-15(5-7-16)21(29)26-22-25-18-9-8-17-19(20(18)35-22)34-14(2)24-17/h4-9H,3,10-13H2,1-2H3,(H,25,26,29). The molecule has 1 aliphatic rings. The van der Waals surface area contributed by atoms with E-state index in [1.807, 2.05) is 19.1 Å². The first-order valence-electron chi connectivity index (χ1n) is 11.3. The topological polar surface area (TPSA) is 122 Å². The van der Waals surface area contributed by atoms with E-state index in [9.17, 15) is 18.0 Å². The maximum Gasteiger partial charge on any atom is 0.409 e. The van der Waals surface area contributed by atoms with Crippen molar-refractivity contribution in [2.75, 3.05) is 38.1 Å². The van der Waals surface area contributed by atoms with E-state index in [1.165, 1.54) is 44.8 Å². The Morgan fingerprint density at radius 1 is 0.972 bits per heavy atom. The average molecular weight is 546 g/mol. The number of hydrogen-bond acceptors (Lipinski definition) is 9. The van der Waals surface area contributed by atoms with E-state index in [2.05, 4.69) is 15.3 Å². The maximum atomic E-state index is 13.0. The molecule has 0 bridgehead atoms. The number of nitrogens with one attached hydrogen (secondary N) is 1. The molecule has 10 nitrogen and oxygen atoms in total. The highest BCUT2D eigenvalue weighted by atomic mass is 32.2. The van der Waals surface area contributed by atoms with Crippen molar-refractivity contribution in [3.05, 3.63) is 47.0 Å². The summed E-state index contributed by atoms with van der Waals surface area (Å²) in [6, 6.07) is 9.61. The summed E-state index contributed by atoms with van der Waals surface area (Å²) in [5.74, 6) is -0.377. The predicted octanol–water partition coefficient (Wildman–Crippen LogP) is 3.93. The number of amides is 2. The van der Waals surface area contributed by atoms with Crippen molar-refractivity contribution in [2.24, 2.45) is 0 Å². The van der Waals surface area contributed by atoms with Crippen LogP contribution < -0.4 is 5.32 Å². The molecule has 36 heavy (non-hydrogen) atoms. The van der Waals surface area contributed by atoms with Crippen LogP contribution in [0, 0.1) is 6.92 Å². The molecule has 2 aromatic carbocycles. The van der Waals surface area contributed by atoms with Crippen molar-refractivity contribution in [3.8, 4) is 0 Å². The predicted molar refractivity (Wildman–Crippen MR) is 139 cm³/mol. The zero-order valence-electron chi connectivity index (χ0n) is 19.6. The van der Waals surface area contributed by atoms with Crippen molar-refractivity contribution >= 4 is 70.3 Å². The number of aryl methyl sites for hydroxylation is 1. The molecule has 0 radical (unpaired) electrons. The van der Waals surface area contributed by atoms with Gasteiger partial charge < -0.3 is 9.64 Å². The molecule has 0 spiro atoms. The smallest absolute Gasteiger partial charge is 0.409 e. The number of piperazine rings is 1. The van der Waals surface area contributed by atoms with Gasteiger partial charge in [-0.3, -0.25) is 10.1 Å². The number of carbonyl (C=O) groups excluding carboxylic acids is 2. The van der Waals surface area contributed by atoms with Gasteiger partial charge >= 0.3 is 6.09 Å². The number of ether oxygens (including phenoxy) is 1. The second-order valence-electron chi connectivity index (χ2n) is 8.08. The third kappa shape index (κ3) is 4.66. The summed E-state index contributed by atoms with van der Waals surface area (Å²) in [7, 11) is -3.75. The SMILES string of the molecule is CCOC(=O)N1CCN(S(=O)(=O)c2ccc(C(=O)Nc3nc4ccc5nc(C)sc5c4s3)cc2)CC1. The van der Waals surface area contributed by atoms with Gasteiger partial charge in [-0.25, -0.2) is 23.2 Å². The van der Waals surface area contributed by atoms with Gasteiger partial charge in [-0.1, -0.05) is 11.3 Å². The minimum absolute atomic E-state index is 0.0894. The molecule has 2 amide bonds. The normalized spacial score (nSPS) is 14.9. The highest BCUT2D eigenvalue weighted by Gasteiger charge is 2.30. The Morgan fingerprint density at radius 2 is 1.61 bits per heavy atom. The summed E-state index contributed by atoms with van der Waals surface area (Å²) in [6.45, 7) is 4.81. The number of benzene rings is 2. The molecule has 2 aromatic heterocycles. The Labute approximate surface area is 215 Å². The van der Waals surface area contributed by atoms with Crippen molar-refractivity contribution in [2.45, 2.75) is 18.7 Å². The molecule has 1 fully saturated rings. The van der Waals surface area contributed by atoms with Crippen molar-refractivity contribution in [3.63, 3.8) is 0 Å². The minimum Gasteiger partial charge on any atom is -0.450 e. The number of rotatable bonds is 5. The van der Waals surface area contributed by atoms with Crippen molar-refractivity contribution in [1.82, 2.24) is 19.2 Å². The lowest BCUT2D eigenvalue weighted by molar-refractivity contribution is 0.0933. The van der Waals surface area contributed by atoms with E-state index in [0.717, 1.165) is 25.4 Å². The van der Waals surface area contributed by atoms with E-state index >= 15 is 0 Å². The van der Waals surface area contributed by atoms with Crippen molar-refractivity contribution in [1.29, 1.82) is 0 Å². The maximum absolute atomic E-state index is 13.0. The van der Waals surface area contributed by atoms with Gasteiger partial charge in [-0.15, -0.1) is 11.3 Å². The number of sulfonamides is 1. The van der Waals surface area contributed by atoms with Gasteiger partial charge in [0.15, 0.2) is 5.13 Å². The van der Waals surface area contributed by atoms with E-state index < -0.39 is 16.1 Å². The van der Waals surface area contributed by atoms with Crippen LogP contribution in [-0.2, 0) is 14.8 Å². The third-order valence-corrected chi connectivity index (χ3v) is 9.81. The molecule has 1 N–H and O–H groups in total. The lowest BCUT2D eigenvalue weighted by Crippen LogP contribution is -2.50. The molecule has 4 aromatic rings. The summed E-state index contributed by atoms with van der Waals surface area (Å²) in [5, 5.41) is 4.24. The van der Waals surface area contributed by atoms with Crippen LogP contribution >= 0.6 is 22.7 Å². The van der Waals surface area contributed by atoms with Crippen LogP contribution in [0.5, 0.6) is 0 Å². The number of thiazole rings is 2. The molecular weight excluding hydrogens is 522 g/mol. The minimum atomic E-state index is -3.75. The Kier molecular flexibility index (Phi) is 6.64. The Bertz CT molecular complexity index is 1550. The van der Waals surface area contributed by atoms with Gasteiger partial charge in [0, 0.05) is 31.7 Å². The fourth-order valence-corrected chi connectivity index (χ4v) is 7.38. The summed E-state index contributed by atoms with van der Waals surface area (Å²) >= 11 is 2.97. The van der Waals surface area contributed by atoms with Crippen molar-refractivity contribution < 1.29 is 22.7 Å². The first-order valence-corrected chi connectivity index (χ1v) is 14.3. The number of fused-ring (bicyclic) bond motifs is 3. The van der Waals surface area contributed by atoms with Crippen LogP contribution in [-0.4, -0.2) is 72.4 Å². The summed E-state index contributed by atoms with van der Waals surface area (Å²) in [5.41, 5.74) is 2.01. The summed E-state index contributed by atoms with van der Waals surface area (Å²) in [4.78, 5) is 35.3. The van der Waals surface area contributed by atoms with Gasteiger partial charge in [0.25, 0.3) is 5.91 Å². The number of carbonyl (C=O) groups is 2. The molecule has 13 heteroatoms. The largest absolute Gasteiger partial charge is 0.450 e. The lowest BCUT2D eigenvalue weighted by atomic mass is 10.2. The van der Waals surface area contributed by atoms with Gasteiger partial charge in [0.1, 0.15) is 0 Å². The quantitative estimate of drug-likeness (QED) is 0.403. The summed E-state index contributed by atoms with van der Waals surface area (Å²) < 4.78 is 34.4. The molecule has 1 aliphatic heterocycles. The van der Waals surface area contributed by atoms with E-state index in [4.69, 9.17) is 4.74 Å². The highest BCUT2D eigenvalue weighted by Crippen LogP contribution is 2.36. The Hall–Kier alpha value is -3.13. The average Bonchev–Trinajstić information content (AvgIpc) is 3.46. The molecule has 0 saturated carbocycles. The fraction of sp³-hybridized carbons (Fsp3) is 0.304. The molecule has 0 atom stereocenters. The molecule has 5 rings (SSSR count). The van der Waals surface area contributed by atoms with Crippen LogP contribution in [0.4, 0.5) is 9.93 Å². The Balaban J connectivity index is 1.27. The second kappa shape index (κ2) is 9.73. The molecule has 1 saturated heterocycles. The van der Waals surface area contributed by atoms with Gasteiger partial charge in [-0.05, 0) is 50.2 Å². The summed E-state index contributed by atoms with van der Waals surface area (Å²) in [6.07, 6.45) is -0.440. The first-order chi connectivity index (χ1) is 17.3. The molecule has 0 aliphatic carbocycles. The van der Waals surface area contributed by atoms with E-state index in [0.29, 0.717) is 10.7 Å². The van der Waals surface area contributed by atoms with E-state index in [1.54, 1.807) is 18.3 Å². The number of hydrogen-bond donors (Lipinski definition) is 1. The molecule has 0 unspecified atom stereocenters. The Morgan fingerprint density at radius 3 is 2.28 bits per heavy atom. The third-order valence-electron chi connectivity index (χ3n) is 5.76. The molecular formula is C23H23N5O5S3. The van der Waals surface area contributed by atoms with Crippen LogP contribution in [0.1, 0.15) is 22.3 Å². The zero-order valence-corrected chi connectivity index (χ0v) is 22.0. The number of anilines is 1. The fourth-order valence-electron chi connectivity index (χ4n) is 3.96. The molecule has 3 heterocycles. The number of nitrogens with zero attached hydrogens (tertiary/aromatic N) is 4. The molecule has 188 valence electrons. The zero-order chi connectivity index (χ0) is 25.4. The van der Waals surface area contributed by atoms with Crippen LogP contribution in [0.25, 0.3) is 20.4 Å². The van der Waals surface area contributed by atoms with Crippen LogP contribution in [0.3, 0.4) is 0 Å². The van der Waals surface area contributed by atoms with Crippen LogP contribution in [0.15, 0.2) is 41.3 Å². The first kappa shape index (κ1) is 24.6. The number of aromatic nitrogens is 2.